The molecule has 2 aromatic rings. The Balaban J connectivity index is 1.20. The summed E-state index contributed by atoms with van der Waals surface area (Å²) >= 11 is 3.59. The maximum atomic E-state index is 14.7. The van der Waals surface area contributed by atoms with Crippen LogP contribution in [-0.4, -0.2) is 123 Å². The molecule has 7 rings (SSSR count). The van der Waals surface area contributed by atoms with Crippen LogP contribution in [0, 0.1) is 5.92 Å². The number of benzene rings is 1. The fourth-order valence-corrected chi connectivity index (χ4v) is 10.2. The average molecular weight is 906 g/mol. The summed E-state index contributed by atoms with van der Waals surface area (Å²) in [4.78, 5) is 62.6. The number of ether oxygens (including phenoxy) is 5. The van der Waals surface area contributed by atoms with E-state index in [4.69, 9.17) is 23.7 Å². The molecule has 5 atom stereocenters. The topological polar surface area (TPSA) is 204 Å². The Kier molecular flexibility index (Phi) is 13.5. The summed E-state index contributed by atoms with van der Waals surface area (Å²) in [5, 5.41) is 6.34. The third-order valence-corrected chi connectivity index (χ3v) is 13.9. The summed E-state index contributed by atoms with van der Waals surface area (Å²) < 4.78 is 59.5. The van der Waals surface area contributed by atoms with E-state index < -0.39 is 63.7 Å². The van der Waals surface area contributed by atoms with Crippen LogP contribution in [0.4, 0.5) is 4.79 Å². The van der Waals surface area contributed by atoms with Gasteiger partial charge in [0.05, 0.1) is 43.5 Å². The van der Waals surface area contributed by atoms with Crippen LogP contribution < -0.4 is 29.6 Å². The number of nitrogens with one attached hydrogen (secondary N) is 3. The Hall–Kier alpha value is -4.20. The zero-order chi connectivity index (χ0) is 41.7. The number of carbonyl (C=O) groups excluding carboxylic acids is 4. The molecule has 0 unspecified atom stereocenters. The van der Waals surface area contributed by atoms with Crippen molar-refractivity contribution in [3.63, 3.8) is 0 Å². The van der Waals surface area contributed by atoms with E-state index in [1.807, 2.05) is 19.1 Å². The Morgan fingerprint density at radius 2 is 1.81 bits per heavy atom. The molecule has 19 heteroatoms. The minimum Gasteiger partial charge on any atom is -0.495 e. The van der Waals surface area contributed by atoms with Crippen molar-refractivity contribution in [3.8, 4) is 17.4 Å². The van der Waals surface area contributed by atoms with Crippen LogP contribution in [0.1, 0.15) is 77.6 Å². The molecular formula is C40H53BrN6O11S. The molecule has 2 aliphatic carbocycles. The molecule has 322 valence electrons. The first kappa shape index (κ1) is 42.9. The number of amides is 4. The first-order chi connectivity index (χ1) is 28.4. The summed E-state index contributed by atoms with van der Waals surface area (Å²) in [6.45, 7) is 2.68. The average Bonchev–Trinajstić information content (AvgIpc) is 3.48. The standard InChI is InChI=1S/C40H53BrN6O11S/c1-3-56-33-22-32(28-15-16-31(54-2)34(41)35(28)43-33)57-27-21-30-36(48)44-40(38(50)45-59(52,53)46-17-19-55-20-18-46)23-25(40)11-7-5-4-6-8-14-29(37(49)47(30)24-27)42-39(51)58-26-12-9-10-13-26/h7,11,15-16,22,25-27,29-30H,3-6,8-10,12-14,17-21,23-24H2,1-2H3,(H,42,51)(H,44,48)(H,45,50)/b11-7-/t25-,27+,29-,30-,40+/m0/s1. The number of aromatic nitrogens is 1. The summed E-state index contributed by atoms with van der Waals surface area (Å²) in [5.41, 5.74) is -1.06. The second-order valence-electron chi connectivity index (χ2n) is 15.6. The van der Waals surface area contributed by atoms with E-state index in [0.717, 1.165) is 42.8 Å². The highest BCUT2D eigenvalue weighted by atomic mass is 79.9. The van der Waals surface area contributed by atoms with E-state index in [-0.39, 0.29) is 51.8 Å². The smallest absolute Gasteiger partial charge is 0.408 e. The Labute approximate surface area is 352 Å². The predicted octanol–water partition coefficient (Wildman–Crippen LogP) is 3.88. The lowest BCUT2D eigenvalue weighted by Crippen LogP contribution is -2.59. The lowest BCUT2D eigenvalue weighted by atomic mass is 10.0. The molecule has 2 saturated heterocycles. The summed E-state index contributed by atoms with van der Waals surface area (Å²) in [6, 6.07) is 3.07. The normalized spacial score (nSPS) is 27.7. The van der Waals surface area contributed by atoms with Crippen LogP contribution in [0.15, 0.2) is 34.8 Å². The van der Waals surface area contributed by atoms with E-state index in [1.54, 1.807) is 25.3 Å². The van der Waals surface area contributed by atoms with Crippen molar-refractivity contribution in [2.45, 2.75) is 107 Å². The third-order valence-electron chi connectivity index (χ3n) is 11.7. The summed E-state index contributed by atoms with van der Waals surface area (Å²) in [5.74, 6) is -1.24. The number of hydrogen-bond donors (Lipinski definition) is 3. The highest BCUT2D eigenvalue weighted by molar-refractivity contribution is 9.10. The minimum atomic E-state index is -4.24. The maximum Gasteiger partial charge on any atom is 0.408 e. The molecule has 4 amide bonds. The van der Waals surface area contributed by atoms with Crippen LogP contribution in [0.2, 0.25) is 0 Å². The fraction of sp³-hybridized carbons (Fsp3) is 0.625. The van der Waals surface area contributed by atoms with Crippen molar-refractivity contribution >= 4 is 60.9 Å². The zero-order valence-electron chi connectivity index (χ0n) is 33.4. The van der Waals surface area contributed by atoms with Gasteiger partial charge in [-0.25, -0.2) is 14.5 Å². The van der Waals surface area contributed by atoms with Gasteiger partial charge in [-0.05, 0) is 86.4 Å². The van der Waals surface area contributed by atoms with Crippen molar-refractivity contribution in [3.05, 3.63) is 34.8 Å². The predicted molar refractivity (Wildman–Crippen MR) is 218 cm³/mol. The molecular weight excluding hydrogens is 852 g/mol. The summed E-state index contributed by atoms with van der Waals surface area (Å²) in [7, 11) is -2.70. The molecule has 1 aromatic heterocycles. The van der Waals surface area contributed by atoms with E-state index in [9.17, 15) is 27.6 Å². The summed E-state index contributed by atoms with van der Waals surface area (Å²) in [6.07, 6.45) is 8.93. The van der Waals surface area contributed by atoms with Gasteiger partial charge in [0, 0.05) is 36.9 Å². The van der Waals surface area contributed by atoms with Crippen LogP contribution in [-0.2, 0) is 34.1 Å². The van der Waals surface area contributed by atoms with E-state index in [2.05, 4.69) is 36.3 Å². The highest BCUT2D eigenvalue weighted by Crippen LogP contribution is 2.46. The number of rotatable bonds is 10. The van der Waals surface area contributed by atoms with E-state index in [0.29, 0.717) is 58.6 Å². The van der Waals surface area contributed by atoms with Gasteiger partial charge in [-0.1, -0.05) is 25.0 Å². The van der Waals surface area contributed by atoms with Gasteiger partial charge < -0.3 is 39.2 Å². The Bertz CT molecular complexity index is 2040. The molecule has 0 bridgehead atoms. The SMILES string of the molecule is CCOc1cc(O[C@@H]2C[C@H]3C(=O)N[C@]4(C(=O)NS(=O)(=O)N5CCOCC5)C[C@@H]4/C=C\CCCCC[C@H](NC(=O)OC4CCCC4)C(=O)N3C2)c2ccc(OC)c(Br)c2n1. The van der Waals surface area contributed by atoms with Crippen LogP contribution in [0.5, 0.6) is 17.4 Å². The van der Waals surface area contributed by atoms with E-state index >= 15 is 0 Å². The molecule has 1 aromatic carbocycles. The van der Waals surface area contributed by atoms with Crippen molar-refractivity contribution in [1.29, 1.82) is 0 Å². The van der Waals surface area contributed by atoms with Gasteiger partial charge >= 0.3 is 16.3 Å². The number of allylic oxidation sites excluding steroid dienone is 1. The molecule has 5 aliphatic rings. The Morgan fingerprint density at radius 1 is 1.05 bits per heavy atom. The van der Waals surface area contributed by atoms with Gasteiger partial charge in [0.15, 0.2) is 0 Å². The van der Waals surface area contributed by atoms with Crippen LogP contribution in [0.25, 0.3) is 10.9 Å². The minimum absolute atomic E-state index is 0.0200. The van der Waals surface area contributed by atoms with Gasteiger partial charge in [0.1, 0.15) is 41.3 Å². The molecule has 0 radical (unpaired) electrons. The lowest BCUT2D eigenvalue weighted by molar-refractivity contribution is -0.141. The second-order valence-corrected chi connectivity index (χ2v) is 18.1. The number of fused-ring (bicyclic) bond motifs is 3. The molecule has 3 aliphatic heterocycles. The van der Waals surface area contributed by atoms with E-state index in [1.165, 1.54) is 4.90 Å². The fourth-order valence-electron chi connectivity index (χ4n) is 8.40. The van der Waals surface area contributed by atoms with Crippen molar-refractivity contribution in [2.75, 3.05) is 46.6 Å². The number of methoxy groups -OCH3 is 1. The highest BCUT2D eigenvalue weighted by Gasteiger charge is 2.62. The van der Waals surface area contributed by atoms with Gasteiger partial charge in [0.2, 0.25) is 17.7 Å². The Morgan fingerprint density at radius 3 is 2.56 bits per heavy atom. The van der Waals surface area contributed by atoms with Gasteiger partial charge in [-0.15, -0.1) is 0 Å². The molecule has 17 nitrogen and oxygen atoms in total. The first-order valence-corrected chi connectivity index (χ1v) is 22.8. The maximum absolute atomic E-state index is 14.7. The van der Waals surface area contributed by atoms with Crippen LogP contribution >= 0.6 is 15.9 Å². The monoisotopic (exact) mass is 904 g/mol. The van der Waals surface area contributed by atoms with Crippen molar-refractivity contribution in [1.82, 2.24) is 29.5 Å². The van der Waals surface area contributed by atoms with Gasteiger partial charge in [0.25, 0.3) is 5.91 Å². The number of alkyl carbamates (subject to hydrolysis) is 1. The zero-order valence-corrected chi connectivity index (χ0v) is 35.8. The number of morpholine rings is 1. The number of halogens is 1. The second kappa shape index (κ2) is 18.6. The quantitative estimate of drug-likeness (QED) is 0.291. The number of hydrogen-bond acceptors (Lipinski definition) is 12. The molecule has 4 fully saturated rings. The van der Waals surface area contributed by atoms with Gasteiger partial charge in [-0.3, -0.25) is 14.4 Å². The molecule has 59 heavy (non-hydrogen) atoms. The largest absolute Gasteiger partial charge is 0.495 e. The van der Waals surface area contributed by atoms with Crippen molar-refractivity contribution < 1.29 is 51.3 Å². The third kappa shape index (κ3) is 9.73. The first-order valence-electron chi connectivity index (χ1n) is 20.6. The number of pyridine rings is 1. The molecule has 2 saturated carbocycles. The lowest BCUT2D eigenvalue weighted by Gasteiger charge is -2.30. The molecule has 3 N–H and O–H groups in total. The van der Waals surface area contributed by atoms with Crippen molar-refractivity contribution in [2.24, 2.45) is 5.92 Å². The van der Waals surface area contributed by atoms with Gasteiger partial charge in [-0.2, -0.15) is 12.7 Å². The molecule has 0 spiro atoms. The van der Waals surface area contributed by atoms with Crippen LogP contribution in [0.3, 0.4) is 0 Å². The number of carbonyl (C=O) groups is 4. The molecule has 4 heterocycles. The number of nitrogens with zero attached hydrogens (tertiary/aromatic N) is 3.